The lowest BCUT2D eigenvalue weighted by Crippen LogP contribution is -2.39. The molecule has 25 heavy (non-hydrogen) atoms. The van der Waals surface area contributed by atoms with Crippen molar-refractivity contribution in [1.29, 1.82) is 0 Å². The monoisotopic (exact) mass is 524 g/mol. The maximum absolute atomic E-state index is 11.3. The summed E-state index contributed by atoms with van der Waals surface area (Å²) < 4.78 is 25.8. The largest absolute Gasteiger partial charge is 0.386 e. The van der Waals surface area contributed by atoms with Crippen LogP contribution in [0.2, 0.25) is 4.34 Å². The predicted octanol–water partition coefficient (Wildman–Crippen LogP) is 1.94. The third-order valence-electron chi connectivity index (χ3n) is 3.04. The van der Waals surface area contributed by atoms with E-state index in [0.29, 0.717) is 36.4 Å². The predicted molar refractivity (Wildman–Crippen MR) is 116 cm³/mol. The van der Waals surface area contributed by atoms with Crippen LogP contribution in [0, 0.1) is 0 Å². The van der Waals surface area contributed by atoms with Gasteiger partial charge in [-0.3, -0.25) is 4.99 Å². The van der Waals surface area contributed by atoms with Crippen molar-refractivity contribution in [3.8, 4) is 0 Å². The van der Waals surface area contributed by atoms with Crippen LogP contribution in [0.15, 0.2) is 17.1 Å². The summed E-state index contributed by atoms with van der Waals surface area (Å²) in [5.74, 6) is 0.660. The number of hydrogen-bond donors (Lipinski definition) is 4. The number of thiophene rings is 1. The second-order valence-electron chi connectivity index (χ2n) is 4.96. The average Bonchev–Trinajstić information content (AvgIpc) is 2.98. The van der Waals surface area contributed by atoms with Gasteiger partial charge in [0.2, 0.25) is 10.0 Å². The Hall–Kier alpha value is -0.140. The highest BCUT2D eigenvalue weighted by molar-refractivity contribution is 14.0. The summed E-state index contributed by atoms with van der Waals surface area (Å²) >= 11 is 7.19. The van der Waals surface area contributed by atoms with E-state index in [0.717, 1.165) is 4.88 Å². The molecule has 0 spiro atoms. The smallest absolute Gasteiger partial charge is 0.211 e. The zero-order chi connectivity index (χ0) is 18.0. The first kappa shape index (κ1) is 24.9. The van der Waals surface area contributed by atoms with E-state index in [1.807, 2.05) is 6.92 Å². The average molecular weight is 525 g/mol. The molecular formula is C14H26ClIN4O3S2. The molecule has 1 aromatic rings. The van der Waals surface area contributed by atoms with Gasteiger partial charge in [-0.25, -0.2) is 13.1 Å². The summed E-state index contributed by atoms with van der Waals surface area (Å²) in [5.41, 5.74) is 0. The molecule has 0 radical (unpaired) electrons. The Morgan fingerprint density at radius 3 is 2.60 bits per heavy atom. The zero-order valence-electron chi connectivity index (χ0n) is 14.3. The van der Waals surface area contributed by atoms with Gasteiger partial charge in [0.1, 0.15) is 6.10 Å². The van der Waals surface area contributed by atoms with Crippen LogP contribution in [0.3, 0.4) is 0 Å². The van der Waals surface area contributed by atoms with E-state index in [2.05, 4.69) is 20.3 Å². The molecule has 7 nitrogen and oxygen atoms in total. The second kappa shape index (κ2) is 13.1. The molecule has 0 aliphatic carbocycles. The number of halogens is 2. The second-order valence-corrected chi connectivity index (χ2v) is 8.80. The lowest BCUT2D eigenvalue weighted by Gasteiger charge is -2.12. The summed E-state index contributed by atoms with van der Waals surface area (Å²) in [4.78, 5) is 5.10. The SMILES string of the molecule is CCNC(=NCC(O)c1ccc(Cl)s1)NCCCNS(=O)(=O)CC.I. The molecule has 0 aliphatic rings. The molecule has 11 heteroatoms. The van der Waals surface area contributed by atoms with Gasteiger partial charge in [0.15, 0.2) is 5.96 Å². The highest BCUT2D eigenvalue weighted by Crippen LogP contribution is 2.26. The van der Waals surface area contributed by atoms with Gasteiger partial charge in [0, 0.05) is 24.5 Å². The Labute approximate surface area is 175 Å². The molecule has 0 aromatic carbocycles. The highest BCUT2D eigenvalue weighted by atomic mass is 127. The van der Waals surface area contributed by atoms with E-state index in [1.165, 1.54) is 11.3 Å². The molecule has 0 bridgehead atoms. The van der Waals surface area contributed by atoms with Gasteiger partial charge in [-0.2, -0.15) is 0 Å². The molecular weight excluding hydrogens is 499 g/mol. The van der Waals surface area contributed by atoms with Gasteiger partial charge in [0.05, 0.1) is 16.6 Å². The Morgan fingerprint density at radius 1 is 1.32 bits per heavy atom. The van der Waals surface area contributed by atoms with Crippen molar-refractivity contribution >= 4 is 62.9 Å². The Morgan fingerprint density at radius 2 is 2.04 bits per heavy atom. The van der Waals surface area contributed by atoms with Gasteiger partial charge < -0.3 is 15.7 Å². The zero-order valence-corrected chi connectivity index (χ0v) is 19.0. The lowest BCUT2D eigenvalue weighted by molar-refractivity contribution is 0.191. The number of rotatable bonds is 10. The van der Waals surface area contributed by atoms with Crippen LogP contribution < -0.4 is 15.4 Å². The third-order valence-corrected chi connectivity index (χ3v) is 5.77. The number of hydrogen-bond acceptors (Lipinski definition) is 5. The quantitative estimate of drug-likeness (QED) is 0.162. The molecule has 1 unspecified atom stereocenters. The van der Waals surface area contributed by atoms with E-state index in [4.69, 9.17) is 11.6 Å². The summed E-state index contributed by atoms with van der Waals surface area (Å²) in [6, 6.07) is 3.53. The topological polar surface area (TPSA) is 103 Å². The normalized spacial score (nSPS) is 13.2. The number of aliphatic hydroxyl groups is 1. The number of aliphatic hydroxyl groups excluding tert-OH is 1. The Kier molecular flexibility index (Phi) is 13.0. The number of sulfonamides is 1. The van der Waals surface area contributed by atoms with E-state index >= 15 is 0 Å². The van der Waals surface area contributed by atoms with Gasteiger partial charge in [0.25, 0.3) is 0 Å². The number of aliphatic imine (C=N–C) groups is 1. The van der Waals surface area contributed by atoms with Crippen molar-refractivity contribution in [2.45, 2.75) is 26.4 Å². The van der Waals surface area contributed by atoms with Crippen LogP contribution in [0.4, 0.5) is 0 Å². The van der Waals surface area contributed by atoms with Crippen molar-refractivity contribution in [2.75, 3.05) is 31.9 Å². The summed E-state index contributed by atoms with van der Waals surface area (Å²) in [7, 11) is -3.15. The fraction of sp³-hybridized carbons (Fsp3) is 0.643. The number of nitrogens with zero attached hydrogens (tertiary/aromatic N) is 1. The van der Waals surface area contributed by atoms with Crippen molar-refractivity contribution in [3.63, 3.8) is 0 Å². The molecule has 1 heterocycles. The third kappa shape index (κ3) is 10.6. The summed E-state index contributed by atoms with van der Waals surface area (Å²) in [5, 5.41) is 16.3. The molecule has 0 saturated heterocycles. The summed E-state index contributed by atoms with van der Waals surface area (Å²) in [6.07, 6.45) is -0.0680. The van der Waals surface area contributed by atoms with Crippen LogP contribution in [0.1, 0.15) is 31.2 Å². The minimum Gasteiger partial charge on any atom is -0.386 e. The van der Waals surface area contributed by atoms with E-state index in [9.17, 15) is 13.5 Å². The molecule has 4 N–H and O–H groups in total. The first-order chi connectivity index (χ1) is 11.4. The summed E-state index contributed by atoms with van der Waals surface area (Å²) in [6.45, 7) is 5.40. The number of nitrogens with one attached hydrogen (secondary N) is 3. The first-order valence-corrected chi connectivity index (χ1v) is 10.7. The Balaban J connectivity index is 0.00000576. The van der Waals surface area contributed by atoms with Crippen molar-refractivity contribution in [2.24, 2.45) is 4.99 Å². The molecule has 0 amide bonds. The first-order valence-electron chi connectivity index (χ1n) is 7.80. The van der Waals surface area contributed by atoms with Gasteiger partial charge >= 0.3 is 0 Å². The Bertz CT molecular complexity index is 625. The van der Waals surface area contributed by atoms with Crippen LogP contribution in [-0.2, 0) is 10.0 Å². The van der Waals surface area contributed by atoms with Crippen molar-refractivity contribution < 1.29 is 13.5 Å². The maximum atomic E-state index is 11.3. The van der Waals surface area contributed by atoms with Crippen LogP contribution >= 0.6 is 46.9 Å². The van der Waals surface area contributed by atoms with E-state index in [1.54, 1.807) is 19.1 Å². The van der Waals surface area contributed by atoms with E-state index < -0.39 is 16.1 Å². The fourth-order valence-electron chi connectivity index (χ4n) is 1.74. The molecule has 1 atom stereocenters. The molecule has 0 saturated carbocycles. The van der Waals surface area contributed by atoms with Gasteiger partial charge in [-0.1, -0.05) is 11.6 Å². The fourth-order valence-corrected chi connectivity index (χ4v) is 3.44. The van der Waals surface area contributed by atoms with E-state index in [-0.39, 0.29) is 36.3 Å². The number of guanidine groups is 1. The van der Waals surface area contributed by atoms with Crippen molar-refractivity contribution in [3.05, 3.63) is 21.3 Å². The van der Waals surface area contributed by atoms with Crippen LogP contribution in [0.5, 0.6) is 0 Å². The lowest BCUT2D eigenvalue weighted by atomic mass is 10.3. The molecule has 1 rings (SSSR count). The molecule has 1 aromatic heterocycles. The minimum atomic E-state index is -3.15. The maximum Gasteiger partial charge on any atom is 0.211 e. The molecule has 146 valence electrons. The molecule has 0 aliphatic heterocycles. The molecule has 0 fully saturated rings. The van der Waals surface area contributed by atoms with Crippen molar-refractivity contribution in [1.82, 2.24) is 15.4 Å². The standard InChI is InChI=1S/C14H25ClN4O3S2.HI/c1-3-16-14(17-8-5-9-19-24(21,22)4-2)18-10-11(20)12-6-7-13(15)23-12;/h6-7,11,19-20H,3-5,8-10H2,1-2H3,(H2,16,17,18);1H. The van der Waals surface area contributed by atoms with Crippen LogP contribution in [-0.4, -0.2) is 51.4 Å². The van der Waals surface area contributed by atoms with Gasteiger partial charge in [-0.05, 0) is 32.4 Å². The minimum absolute atomic E-state index is 0. The van der Waals surface area contributed by atoms with Gasteiger partial charge in [-0.15, -0.1) is 35.3 Å². The highest BCUT2D eigenvalue weighted by Gasteiger charge is 2.10. The van der Waals surface area contributed by atoms with Crippen LogP contribution in [0.25, 0.3) is 0 Å².